The van der Waals surface area contributed by atoms with Crippen molar-refractivity contribution < 1.29 is 0 Å². The van der Waals surface area contributed by atoms with E-state index in [0.717, 1.165) is 17.8 Å². The van der Waals surface area contributed by atoms with Gasteiger partial charge in [0.1, 0.15) is 0 Å². The van der Waals surface area contributed by atoms with Gasteiger partial charge in [0.15, 0.2) is 0 Å². The fourth-order valence-electron chi connectivity index (χ4n) is 3.85. The summed E-state index contributed by atoms with van der Waals surface area (Å²) in [4.78, 5) is 0. The van der Waals surface area contributed by atoms with Gasteiger partial charge in [-0.25, -0.2) is 0 Å². The van der Waals surface area contributed by atoms with Crippen molar-refractivity contribution in [1.82, 2.24) is 0 Å². The minimum Gasteiger partial charge on any atom is -0.0622 e. The quantitative estimate of drug-likeness (QED) is 0.631. The number of fused-ring (bicyclic) bond motifs is 1. The van der Waals surface area contributed by atoms with E-state index in [1.807, 2.05) is 0 Å². The SMILES string of the molecule is c1ccc(C2CCC3CCCCC32)cc1. The van der Waals surface area contributed by atoms with Crippen LogP contribution in [0.3, 0.4) is 0 Å². The Kier molecular flexibility index (Phi) is 2.52. The molecule has 0 radical (unpaired) electrons. The summed E-state index contributed by atoms with van der Waals surface area (Å²) in [5.41, 5.74) is 1.60. The van der Waals surface area contributed by atoms with Crippen LogP contribution >= 0.6 is 0 Å². The maximum Gasteiger partial charge on any atom is -0.0131 e. The smallest absolute Gasteiger partial charge is 0.0131 e. The molecule has 0 nitrogen and oxygen atoms in total. The van der Waals surface area contributed by atoms with Gasteiger partial charge in [-0.3, -0.25) is 0 Å². The molecule has 2 saturated carbocycles. The van der Waals surface area contributed by atoms with Gasteiger partial charge in [0.05, 0.1) is 0 Å². The van der Waals surface area contributed by atoms with Crippen LogP contribution < -0.4 is 0 Å². The highest BCUT2D eigenvalue weighted by molar-refractivity contribution is 5.22. The second-order valence-electron chi connectivity index (χ2n) is 5.30. The highest BCUT2D eigenvalue weighted by Gasteiger charge is 2.37. The van der Waals surface area contributed by atoms with Crippen molar-refractivity contribution in [1.29, 1.82) is 0 Å². The molecule has 1 aromatic carbocycles. The molecule has 2 fully saturated rings. The van der Waals surface area contributed by atoms with Gasteiger partial charge in [-0.05, 0) is 42.6 Å². The molecule has 2 aliphatic rings. The number of hydrogen-bond donors (Lipinski definition) is 0. The summed E-state index contributed by atoms with van der Waals surface area (Å²) in [6, 6.07) is 11.2. The van der Waals surface area contributed by atoms with Crippen LogP contribution in [-0.4, -0.2) is 0 Å². The lowest BCUT2D eigenvalue weighted by atomic mass is 9.76. The van der Waals surface area contributed by atoms with E-state index < -0.39 is 0 Å². The maximum atomic E-state index is 2.33. The molecule has 1 aromatic rings. The first-order valence-electron chi connectivity index (χ1n) is 6.50. The van der Waals surface area contributed by atoms with Crippen molar-refractivity contribution in [3.8, 4) is 0 Å². The topological polar surface area (TPSA) is 0 Å². The van der Waals surface area contributed by atoms with Crippen molar-refractivity contribution >= 4 is 0 Å². The molecule has 3 atom stereocenters. The molecular formula is C15H20. The number of benzene rings is 1. The van der Waals surface area contributed by atoms with Gasteiger partial charge in [-0.2, -0.15) is 0 Å². The van der Waals surface area contributed by atoms with Crippen molar-refractivity contribution in [3.63, 3.8) is 0 Å². The zero-order chi connectivity index (χ0) is 10.1. The Morgan fingerprint density at radius 3 is 2.47 bits per heavy atom. The zero-order valence-corrected chi connectivity index (χ0v) is 9.36. The van der Waals surface area contributed by atoms with Gasteiger partial charge >= 0.3 is 0 Å². The van der Waals surface area contributed by atoms with Crippen LogP contribution in [0.5, 0.6) is 0 Å². The van der Waals surface area contributed by atoms with Gasteiger partial charge in [-0.1, -0.05) is 49.6 Å². The molecule has 3 rings (SSSR count). The van der Waals surface area contributed by atoms with Crippen molar-refractivity contribution in [3.05, 3.63) is 35.9 Å². The van der Waals surface area contributed by atoms with Crippen LogP contribution in [0.25, 0.3) is 0 Å². The van der Waals surface area contributed by atoms with E-state index in [9.17, 15) is 0 Å². The summed E-state index contributed by atoms with van der Waals surface area (Å²) in [5.74, 6) is 2.96. The normalized spacial score (nSPS) is 35.1. The zero-order valence-electron chi connectivity index (χ0n) is 9.36. The average molecular weight is 200 g/mol. The van der Waals surface area contributed by atoms with Gasteiger partial charge < -0.3 is 0 Å². The van der Waals surface area contributed by atoms with Gasteiger partial charge in [0, 0.05) is 0 Å². The van der Waals surface area contributed by atoms with Crippen molar-refractivity contribution in [2.24, 2.45) is 11.8 Å². The first kappa shape index (κ1) is 9.45. The lowest BCUT2D eigenvalue weighted by Crippen LogP contribution is -2.17. The molecule has 0 heterocycles. The molecule has 0 heteroatoms. The van der Waals surface area contributed by atoms with Crippen LogP contribution in [-0.2, 0) is 0 Å². The predicted molar refractivity (Wildman–Crippen MR) is 63.9 cm³/mol. The van der Waals surface area contributed by atoms with E-state index in [2.05, 4.69) is 30.3 Å². The lowest BCUT2D eigenvalue weighted by Gasteiger charge is -2.29. The minimum absolute atomic E-state index is 0.886. The second-order valence-corrected chi connectivity index (χ2v) is 5.30. The van der Waals surface area contributed by atoms with E-state index in [1.165, 1.54) is 38.5 Å². The third-order valence-corrected chi connectivity index (χ3v) is 4.56. The number of hydrogen-bond acceptors (Lipinski definition) is 0. The van der Waals surface area contributed by atoms with Crippen molar-refractivity contribution in [2.75, 3.05) is 0 Å². The van der Waals surface area contributed by atoms with E-state index in [0.29, 0.717) is 0 Å². The molecular weight excluding hydrogens is 180 g/mol. The van der Waals surface area contributed by atoms with Crippen LogP contribution in [0.1, 0.15) is 50.0 Å². The fourth-order valence-corrected chi connectivity index (χ4v) is 3.85. The first-order valence-corrected chi connectivity index (χ1v) is 6.50. The molecule has 0 N–H and O–H groups in total. The standard InChI is InChI=1S/C15H20/c1-2-6-12(7-3-1)15-11-10-13-8-4-5-9-14(13)15/h1-3,6-7,13-15H,4-5,8-11H2. The maximum absolute atomic E-state index is 2.33. The Bertz CT molecular complexity index is 314. The summed E-state index contributed by atoms with van der Waals surface area (Å²) in [6.45, 7) is 0. The molecule has 0 amide bonds. The molecule has 3 unspecified atom stereocenters. The Labute approximate surface area is 92.7 Å². The third kappa shape index (κ3) is 1.71. The summed E-state index contributed by atoms with van der Waals surface area (Å²) in [7, 11) is 0. The minimum atomic E-state index is 0.886. The molecule has 0 spiro atoms. The first-order chi connectivity index (χ1) is 7.45. The predicted octanol–water partition coefficient (Wildman–Crippen LogP) is 4.37. The van der Waals surface area contributed by atoms with Gasteiger partial charge in [-0.15, -0.1) is 0 Å². The average Bonchev–Trinajstić information content (AvgIpc) is 2.74. The third-order valence-electron chi connectivity index (χ3n) is 4.56. The highest BCUT2D eigenvalue weighted by atomic mass is 14.4. The second kappa shape index (κ2) is 4.00. The molecule has 0 saturated heterocycles. The van der Waals surface area contributed by atoms with E-state index in [4.69, 9.17) is 0 Å². The molecule has 15 heavy (non-hydrogen) atoms. The summed E-state index contributed by atoms with van der Waals surface area (Å²) in [6.07, 6.45) is 8.90. The highest BCUT2D eigenvalue weighted by Crippen LogP contribution is 2.50. The Morgan fingerprint density at radius 2 is 1.60 bits per heavy atom. The van der Waals surface area contributed by atoms with Crippen LogP contribution in [0.2, 0.25) is 0 Å². The van der Waals surface area contributed by atoms with E-state index in [-0.39, 0.29) is 0 Å². The van der Waals surface area contributed by atoms with Gasteiger partial charge in [0.2, 0.25) is 0 Å². The van der Waals surface area contributed by atoms with E-state index >= 15 is 0 Å². The van der Waals surface area contributed by atoms with Gasteiger partial charge in [0.25, 0.3) is 0 Å². The van der Waals surface area contributed by atoms with Crippen LogP contribution in [0.15, 0.2) is 30.3 Å². The van der Waals surface area contributed by atoms with Crippen LogP contribution in [0, 0.1) is 11.8 Å². The molecule has 2 aliphatic carbocycles. The largest absolute Gasteiger partial charge is 0.0622 e. The van der Waals surface area contributed by atoms with Crippen molar-refractivity contribution in [2.45, 2.75) is 44.4 Å². The Balaban J connectivity index is 1.82. The Morgan fingerprint density at radius 1 is 0.800 bits per heavy atom. The Hall–Kier alpha value is -0.780. The lowest BCUT2D eigenvalue weighted by molar-refractivity contribution is 0.260. The molecule has 0 aliphatic heterocycles. The monoisotopic (exact) mass is 200 g/mol. The summed E-state index contributed by atoms with van der Waals surface area (Å²) < 4.78 is 0. The summed E-state index contributed by atoms with van der Waals surface area (Å²) >= 11 is 0. The molecule has 0 bridgehead atoms. The fraction of sp³-hybridized carbons (Fsp3) is 0.600. The molecule has 0 aromatic heterocycles. The van der Waals surface area contributed by atoms with Crippen LogP contribution in [0.4, 0.5) is 0 Å². The van der Waals surface area contributed by atoms with E-state index in [1.54, 1.807) is 5.56 Å². The number of rotatable bonds is 1. The summed E-state index contributed by atoms with van der Waals surface area (Å²) in [5, 5.41) is 0. The molecule has 80 valence electrons.